The molecule has 1 N–H and O–H groups in total. The van der Waals surface area contributed by atoms with Crippen LogP contribution in [0.25, 0.3) is 0 Å². The number of nitrogens with zero attached hydrogens (tertiary/aromatic N) is 1. The first-order valence-electron chi connectivity index (χ1n) is 7.31. The summed E-state index contributed by atoms with van der Waals surface area (Å²) < 4.78 is 30.6. The number of thiophene rings is 1. The Morgan fingerprint density at radius 2 is 2.00 bits per heavy atom. The number of nitrogens with one attached hydrogen (secondary N) is 1. The third kappa shape index (κ3) is 4.97. The second-order valence-corrected chi connectivity index (χ2v) is 8.05. The SMILES string of the molecule is COc1ccccc1N(CCNC(=O)Cc1cccs1)S(C)(=O)=O. The minimum atomic E-state index is -3.49. The Labute approximate surface area is 146 Å². The molecule has 8 heteroatoms. The molecule has 0 radical (unpaired) electrons. The Bertz CT molecular complexity index is 773. The largest absolute Gasteiger partial charge is 0.495 e. The number of ether oxygens (including phenoxy) is 1. The number of sulfonamides is 1. The van der Waals surface area contributed by atoms with Gasteiger partial charge in [-0.3, -0.25) is 9.10 Å². The number of anilines is 1. The van der Waals surface area contributed by atoms with Gasteiger partial charge in [0.1, 0.15) is 5.75 Å². The number of carbonyl (C=O) groups is 1. The van der Waals surface area contributed by atoms with Crippen LogP contribution in [0.2, 0.25) is 0 Å². The van der Waals surface area contributed by atoms with E-state index in [0.717, 1.165) is 11.1 Å². The van der Waals surface area contributed by atoms with E-state index in [-0.39, 0.29) is 19.0 Å². The zero-order valence-corrected chi connectivity index (χ0v) is 15.2. The minimum absolute atomic E-state index is 0.133. The van der Waals surface area contributed by atoms with Gasteiger partial charge in [-0.2, -0.15) is 0 Å². The van der Waals surface area contributed by atoms with Crippen molar-refractivity contribution in [1.82, 2.24) is 5.32 Å². The van der Waals surface area contributed by atoms with E-state index in [2.05, 4.69) is 5.32 Å². The Morgan fingerprint density at radius 1 is 1.25 bits per heavy atom. The molecule has 0 bridgehead atoms. The second-order valence-electron chi connectivity index (χ2n) is 5.11. The van der Waals surface area contributed by atoms with Crippen molar-refractivity contribution in [2.45, 2.75) is 6.42 Å². The zero-order valence-electron chi connectivity index (χ0n) is 13.6. The van der Waals surface area contributed by atoms with Gasteiger partial charge in [-0.05, 0) is 23.6 Å². The standard InChI is InChI=1S/C16H20N2O4S2/c1-22-15-8-4-3-7-14(15)18(24(2,20)21)10-9-17-16(19)12-13-6-5-11-23-13/h3-8,11H,9-10,12H2,1-2H3,(H,17,19). The van der Waals surface area contributed by atoms with Gasteiger partial charge in [0.15, 0.2) is 0 Å². The lowest BCUT2D eigenvalue weighted by Gasteiger charge is -2.24. The molecule has 0 saturated heterocycles. The summed E-state index contributed by atoms with van der Waals surface area (Å²) in [6, 6.07) is 10.7. The second kappa shape index (κ2) is 8.16. The number of benzene rings is 1. The molecule has 1 aromatic heterocycles. The minimum Gasteiger partial charge on any atom is -0.495 e. The van der Waals surface area contributed by atoms with E-state index in [4.69, 9.17) is 4.74 Å². The fourth-order valence-corrected chi connectivity index (χ4v) is 3.87. The summed E-state index contributed by atoms with van der Waals surface area (Å²) in [6.07, 6.45) is 1.43. The molecule has 1 aromatic carbocycles. The maximum absolute atomic E-state index is 12.1. The van der Waals surface area contributed by atoms with Crippen LogP contribution in [-0.4, -0.2) is 40.8 Å². The van der Waals surface area contributed by atoms with Crippen LogP contribution in [0.3, 0.4) is 0 Å². The van der Waals surface area contributed by atoms with Crippen molar-refractivity contribution in [3.63, 3.8) is 0 Å². The average molecular weight is 368 g/mol. The Balaban J connectivity index is 2.01. The molecule has 0 saturated carbocycles. The summed E-state index contributed by atoms with van der Waals surface area (Å²) in [6.45, 7) is 0.352. The molecule has 6 nitrogen and oxygen atoms in total. The molecule has 2 aromatic rings. The van der Waals surface area contributed by atoms with Gasteiger partial charge in [0.25, 0.3) is 0 Å². The normalized spacial score (nSPS) is 11.1. The van der Waals surface area contributed by atoms with Crippen LogP contribution in [0.5, 0.6) is 5.75 Å². The molecule has 1 amide bonds. The van der Waals surface area contributed by atoms with E-state index in [9.17, 15) is 13.2 Å². The Kier molecular flexibility index (Phi) is 6.22. The number of para-hydroxylation sites is 2. The molecule has 0 spiro atoms. The van der Waals surface area contributed by atoms with Crippen molar-refractivity contribution < 1.29 is 17.9 Å². The number of hydrogen-bond donors (Lipinski definition) is 1. The van der Waals surface area contributed by atoms with Crippen LogP contribution in [0, 0.1) is 0 Å². The molecule has 0 atom stereocenters. The summed E-state index contributed by atoms with van der Waals surface area (Å²) in [4.78, 5) is 12.9. The molecule has 0 unspecified atom stereocenters. The molecule has 0 aliphatic carbocycles. The van der Waals surface area contributed by atoms with E-state index in [1.807, 2.05) is 17.5 Å². The van der Waals surface area contributed by atoms with Crippen molar-refractivity contribution in [1.29, 1.82) is 0 Å². The van der Waals surface area contributed by atoms with Crippen LogP contribution in [0.15, 0.2) is 41.8 Å². The van der Waals surface area contributed by atoms with E-state index in [1.54, 1.807) is 24.3 Å². The summed E-state index contributed by atoms with van der Waals surface area (Å²) in [7, 11) is -2.01. The average Bonchev–Trinajstić information content (AvgIpc) is 3.03. The van der Waals surface area contributed by atoms with Gasteiger partial charge in [0, 0.05) is 11.4 Å². The first kappa shape index (κ1) is 18.3. The first-order valence-corrected chi connectivity index (χ1v) is 10.0. The Hall–Kier alpha value is -2.06. The smallest absolute Gasteiger partial charge is 0.232 e. The summed E-state index contributed by atoms with van der Waals surface area (Å²) >= 11 is 1.51. The predicted molar refractivity (Wildman–Crippen MR) is 96.2 cm³/mol. The zero-order chi connectivity index (χ0) is 17.6. The third-order valence-corrected chi connectivity index (χ3v) is 5.36. The fourth-order valence-electron chi connectivity index (χ4n) is 2.23. The molecule has 0 aliphatic heterocycles. The lowest BCUT2D eigenvalue weighted by molar-refractivity contribution is -0.120. The van der Waals surface area contributed by atoms with E-state index in [0.29, 0.717) is 17.9 Å². The molecular weight excluding hydrogens is 348 g/mol. The van der Waals surface area contributed by atoms with Gasteiger partial charge in [0.05, 0.1) is 32.0 Å². The van der Waals surface area contributed by atoms with E-state index in [1.165, 1.54) is 22.8 Å². The highest BCUT2D eigenvalue weighted by Crippen LogP contribution is 2.29. The monoisotopic (exact) mass is 368 g/mol. The van der Waals surface area contributed by atoms with Gasteiger partial charge in [-0.1, -0.05) is 18.2 Å². The third-order valence-electron chi connectivity index (χ3n) is 3.31. The Morgan fingerprint density at radius 3 is 2.62 bits per heavy atom. The first-order chi connectivity index (χ1) is 11.4. The maximum atomic E-state index is 12.1. The highest BCUT2D eigenvalue weighted by molar-refractivity contribution is 7.92. The van der Waals surface area contributed by atoms with Crippen molar-refractivity contribution in [3.8, 4) is 5.75 Å². The summed E-state index contributed by atoms with van der Waals surface area (Å²) in [5.41, 5.74) is 0.454. The number of amides is 1. The van der Waals surface area contributed by atoms with Gasteiger partial charge in [-0.25, -0.2) is 8.42 Å². The van der Waals surface area contributed by atoms with Crippen LogP contribution in [0.4, 0.5) is 5.69 Å². The van der Waals surface area contributed by atoms with Crippen molar-refractivity contribution >= 4 is 33.0 Å². The molecule has 130 valence electrons. The van der Waals surface area contributed by atoms with Crippen LogP contribution >= 0.6 is 11.3 Å². The molecule has 1 heterocycles. The lowest BCUT2D eigenvalue weighted by Crippen LogP contribution is -2.38. The van der Waals surface area contributed by atoms with Crippen molar-refractivity contribution in [2.24, 2.45) is 0 Å². The van der Waals surface area contributed by atoms with Gasteiger partial charge >= 0.3 is 0 Å². The molecule has 0 aliphatic rings. The van der Waals surface area contributed by atoms with Crippen molar-refractivity contribution in [2.75, 3.05) is 30.8 Å². The van der Waals surface area contributed by atoms with E-state index < -0.39 is 10.0 Å². The number of rotatable bonds is 8. The number of carbonyl (C=O) groups excluding carboxylic acids is 1. The number of hydrogen-bond acceptors (Lipinski definition) is 5. The number of methoxy groups -OCH3 is 1. The molecular formula is C16H20N2O4S2. The van der Waals surface area contributed by atoms with Gasteiger partial charge in [0.2, 0.25) is 15.9 Å². The highest BCUT2D eigenvalue weighted by Gasteiger charge is 2.20. The summed E-state index contributed by atoms with van der Waals surface area (Å²) in [5, 5.41) is 4.66. The summed E-state index contributed by atoms with van der Waals surface area (Å²) in [5.74, 6) is 0.332. The molecule has 0 fully saturated rings. The predicted octanol–water partition coefficient (Wildman–Crippen LogP) is 1.88. The topological polar surface area (TPSA) is 75.7 Å². The fraction of sp³-hybridized carbons (Fsp3) is 0.312. The lowest BCUT2D eigenvalue weighted by atomic mass is 10.3. The highest BCUT2D eigenvalue weighted by atomic mass is 32.2. The maximum Gasteiger partial charge on any atom is 0.232 e. The molecule has 2 rings (SSSR count). The van der Waals surface area contributed by atoms with Gasteiger partial charge in [-0.15, -0.1) is 11.3 Å². The van der Waals surface area contributed by atoms with Crippen LogP contribution in [-0.2, 0) is 21.2 Å². The van der Waals surface area contributed by atoms with Crippen LogP contribution in [0.1, 0.15) is 4.88 Å². The van der Waals surface area contributed by atoms with Crippen LogP contribution < -0.4 is 14.4 Å². The quantitative estimate of drug-likeness (QED) is 0.772. The van der Waals surface area contributed by atoms with E-state index >= 15 is 0 Å². The van der Waals surface area contributed by atoms with Gasteiger partial charge < -0.3 is 10.1 Å². The molecule has 24 heavy (non-hydrogen) atoms. The van der Waals surface area contributed by atoms with Crippen molar-refractivity contribution in [3.05, 3.63) is 46.7 Å².